The molecule has 0 spiro atoms. The average Bonchev–Trinajstić information content (AvgIpc) is 3.25. The second kappa shape index (κ2) is 8.74. The van der Waals surface area contributed by atoms with E-state index in [1.807, 2.05) is 42.2 Å². The average molecular weight is 408 g/mol. The number of fused-ring (bicyclic) bond motifs is 1. The van der Waals surface area contributed by atoms with E-state index in [2.05, 4.69) is 17.1 Å². The molecule has 7 heteroatoms. The van der Waals surface area contributed by atoms with E-state index in [1.165, 1.54) is 5.56 Å². The number of hydrogen-bond acceptors (Lipinski definition) is 4. The van der Waals surface area contributed by atoms with Crippen LogP contribution in [-0.2, 0) is 0 Å². The van der Waals surface area contributed by atoms with Crippen LogP contribution in [-0.4, -0.2) is 35.4 Å². The third-order valence-electron chi connectivity index (χ3n) is 4.98. The molecule has 3 aromatic rings. The van der Waals surface area contributed by atoms with E-state index in [9.17, 15) is 4.79 Å². The zero-order valence-corrected chi connectivity index (χ0v) is 16.6. The highest BCUT2D eigenvalue weighted by Gasteiger charge is 2.36. The SMILES string of the molecule is Cc1ccc2oc(C(=O)N3C[C@@H](CN)[C@H](c4ccccc4)C3)cc2n1.Cl.Cl. The van der Waals surface area contributed by atoms with Crippen molar-refractivity contribution in [3.8, 4) is 0 Å². The monoisotopic (exact) mass is 407 g/mol. The number of aryl methyl sites for hydroxylation is 1. The molecule has 27 heavy (non-hydrogen) atoms. The van der Waals surface area contributed by atoms with Gasteiger partial charge in [-0.3, -0.25) is 4.79 Å². The first-order chi connectivity index (χ1) is 12.2. The minimum absolute atomic E-state index is 0. The molecule has 1 aliphatic rings. The minimum Gasteiger partial charge on any atom is -0.449 e. The van der Waals surface area contributed by atoms with Gasteiger partial charge in [-0.25, -0.2) is 4.98 Å². The molecule has 0 unspecified atom stereocenters. The van der Waals surface area contributed by atoms with E-state index < -0.39 is 0 Å². The number of hydrogen-bond donors (Lipinski definition) is 1. The molecule has 0 aliphatic carbocycles. The van der Waals surface area contributed by atoms with Gasteiger partial charge in [-0.15, -0.1) is 24.8 Å². The van der Waals surface area contributed by atoms with E-state index in [1.54, 1.807) is 6.07 Å². The molecule has 1 aliphatic heterocycles. The van der Waals surface area contributed by atoms with Crippen molar-refractivity contribution in [3.63, 3.8) is 0 Å². The molecule has 3 heterocycles. The van der Waals surface area contributed by atoms with Crippen molar-refractivity contribution in [2.24, 2.45) is 11.7 Å². The summed E-state index contributed by atoms with van der Waals surface area (Å²) in [7, 11) is 0. The van der Waals surface area contributed by atoms with Crippen LogP contribution in [0.3, 0.4) is 0 Å². The summed E-state index contributed by atoms with van der Waals surface area (Å²) in [5, 5.41) is 0. The quantitative estimate of drug-likeness (QED) is 0.716. The Morgan fingerprint density at radius 3 is 2.63 bits per heavy atom. The van der Waals surface area contributed by atoms with Gasteiger partial charge in [0.1, 0.15) is 5.52 Å². The van der Waals surface area contributed by atoms with Crippen molar-refractivity contribution in [1.29, 1.82) is 0 Å². The summed E-state index contributed by atoms with van der Waals surface area (Å²) in [4.78, 5) is 19.2. The number of nitrogens with two attached hydrogens (primary N) is 1. The number of likely N-dealkylation sites (tertiary alicyclic amines) is 1. The highest BCUT2D eigenvalue weighted by atomic mass is 35.5. The maximum Gasteiger partial charge on any atom is 0.289 e. The number of amides is 1. The first-order valence-electron chi connectivity index (χ1n) is 8.57. The van der Waals surface area contributed by atoms with E-state index in [4.69, 9.17) is 10.2 Å². The number of halogens is 2. The van der Waals surface area contributed by atoms with Gasteiger partial charge in [0.05, 0.1) is 0 Å². The van der Waals surface area contributed by atoms with Gasteiger partial charge in [0.2, 0.25) is 0 Å². The van der Waals surface area contributed by atoms with Crippen LogP contribution in [0, 0.1) is 12.8 Å². The molecule has 5 nitrogen and oxygen atoms in total. The van der Waals surface area contributed by atoms with Gasteiger partial charge in [0.15, 0.2) is 11.3 Å². The second-order valence-corrected chi connectivity index (χ2v) is 6.67. The van der Waals surface area contributed by atoms with Gasteiger partial charge in [-0.05, 0) is 37.1 Å². The third kappa shape index (κ3) is 4.10. The van der Waals surface area contributed by atoms with Gasteiger partial charge in [0, 0.05) is 30.8 Å². The van der Waals surface area contributed by atoms with Crippen molar-refractivity contribution in [2.75, 3.05) is 19.6 Å². The molecule has 144 valence electrons. The predicted molar refractivity (Wildman–Crippen MR) is 111 cm³/mol. The molecule has 1 aromatic carbocycles. The summed E-state index contributed by atoms with van der Waals surface area (Å²) >= 11 is 0. The van der Waals surface area contributed by atoms with Gasteiger partial charge in [-0.1, -0.05) is 30.3 Å². The summed E-state index contributed by atoms with van der Waals surface area (Å²) in [6, 6.07) is 15.7. The third-order valence-corrected chi connectivity index (χ3v) is 4.98. The topological polar surface area (TPSA) is 72.4 Å². The molecule has 1 amide bonds. The van der Waals surface area contributed by atoms with Gasteiger partial charge >= 0.3 is 0 Å². The molecular formula is C20H23Cl2N3O2. The Bertz CT molecular complexity index is 914. The fourth-order valence-corrected chi connectivity index (χ4v) is 3.64. The number of aromatic nitrogens is 1. The minimum atomic E-state index is -0.0902. The lowest BCUT2D eigenvalue weighted by molar-refractivity contribution is 0.0757. The second-order valence-electron chi connectivity index (χ2n) is 6.67. The number of benzene rings is 1. The Kier molecular flexibility index (Phi) is 6.87. The van der Waals surface area contributed by atoms with Crippen molar-refractivity contribution in [1.82, 2.24) is 9.88 Å². The maximum atomic E-state index is 12.9. The lowest BCUT2D eigenvalue weighted by Crippen LogP contribution is -2.29. The summed E-state index contributed by atoms with van der Waals surface area (Å²) < 4.78 is 5.72. The van der Waals surface area contributed by atoms with Crippen LogP contribution < -0.4 is 5.73 Å². The number of furan rings is 1. The number of pyridine rings is 1. The lowest BCUT2D eigenvalue weighted by atomic mass is 9.89. The number of rotatable bonds is 3. The molecule has 0 radical (unpaired) electrons. The maximum absolute atomic E-state index is 12.9. The Morgan fingerprint density at radius 2 is 1.93 bits per heavy atom. The number of carbonyl (C=O) groups is 1. The Morgan fingerprint density at radius 1 is 1.19 bits per heavy atom. The molecule has 0 bridgehead atoms. The largest absolute Gasteiger partial charge is 0.449 e. The predicted octanol–water partition coefficient (Wildman–Crippen LogP) is 3.79. The Hall–Kier alpha value is -2.08. The summed E-state index contributed by atoms with van der Waals surface area (Å²) in [5.41, 5.74) is 9.47. The number of nitrogens with zero attached hydrogens (tertiary/aromatic N) is 2. The summed E-state index contributed by atoms with van der Waals surface area (Å²) in [6.45, 7) is 3.79. The van der Waals surface area contributed by atoms with Crippen LogP contribution in [0.2, 0.25) is 0 Å². The standard InChI is InChI=1S/C20H21N3O2.2ClH/c1-13-7-8-18-17(22-13)9-19(25-18)20(24)23-11-15(10-21)16(12-23)14-5-3-2-4-6-14;;/h2-9,15-16H,10-12,21H2,1H3;2*1H/t15-,16+;;/m1../s1. The van der Waals surface area contributed by atoms with E-state index in [-0.39, 0.29) is 42.6 Å². The summed E-state index contributed by atoms with van der Waals surface area (Å²) in [5.74, 6) is 0.779. The van der Waals surface area contributed by atoms with Crippen LogP contribution in [0.4, 0.5) is 0 Å². The molecular weight excluding hydrogens is 385 g/mol. The smallest absolute Gasteiger partial charge is 0.289 e. The zero-order valence-electron chi connectivity index (χ0n) is 15.0. The van der Waals surface area contributed by atoms with Crippen molar-refractivity contribution < 1.29 is 9.21 Å². The first kappa shape index (κ1) is 21.2. The molecule has 2 N–H and O–H groups in total. The van der Waals surface area contributed by atoms with Crippen LogP contribution in [0.5, 0.6) is 0 Å². The first-order valence-corrected chi connectivity index (χ1v) is 8.57. The summed E-state index contributed by atoms with van der Waals surface area (Å²) in [6.07, 6.45) is 0. The van der Waals surface area contributed by atoms with Crippen molar-refractivity contribution >= 4 is 41.8 Å². The van der Waals surface area contributed by atoms with Crippen LogP contribution in [0.15, 0.2) is 52.9 Å². The lowest BCUT2D eigenvalue weighted by Gasteiger charge is -2.16. The van der Waals surface area contributed by atoms with Crippen LogP contribution in [0.25, 0.3) is 11.1 Å². The fraction of sp³-hybridized carbons (Fsp3) is 0.300. The molecule has 2 aromatic heterocycles. The number of carbonyl (C=O) groups excluding carboxylic acids is 1. The Balaban J connectivity index is 0.00000131. The molecule has 4 rings (SSSR count). The van der Waals surface area contributed by atoms with E-state index in [0.29, 0.717) is 31.0 Å². The van der Waals surface area contributed by atoms with Crippen molar-refractivity contribution in [2.45, 2.75) is 12.8 Å². The van der Waals surface area contributed by atoms with E-state index in [0.717, 1.165) is 11.2 Å². The molecule has 1 saturated heterocycles. The van der Waals surface area contributed by atoms with Crippen LogP contribution in [0.1, 0.15) is 27.7 Å². The highest BCUT2D eigenvalue weighted by molar-refractivity contribution is 5.95. The molecule has 2 atom stereocenters. The van der Waals surface area contributed by atoms with E-state index >= 15 is 0 Å². The highest BCUT2D eigenvalue weighted by Crippen LogP contribution is 2.33. The van der Waals surface area contributed by atoms with Gasteiger partial charge in [0.25, 0.3) is 5.91 Å². The normalized spacial score (nSPS) is 18.8. The molecule has 1 fully saturated rings. The Labute approximate surface area is 170 Å². The zero-order chi connectivity index (χ0) is 17.4. The van der Waals surface area contributed by atoms with Gasteiger partial charge < -0.3 is 15.1 Å². The van der Waals surface area contributed by atoms with Gasteiger partial charge in [-0.2, -0.15) is 0 Å². The van der Waals surface area contributed by atoms with Crippen molar-refractivity contribution in [3.05, 3.63) is 65.5 Å². The van der Waals surface area contributed by atoms with Crippen LogP contribution >= 0.6 is 24.8 Å². The fourth-order valence-electron chi connectivity index (χ4n) is 3.64. The molecule has 0 saturated carbocycles.